The Morgan fingerprint density at radius 1 is 1.10 bits per heavy atom. The first-order valence-electron chi connectivity index (χ1n) is 10.4. The number of hydrogen-bond donors (Lipinski definition) is 0. The van der Waals surface area contributed by atoms with Crippen molar-refractivity contribution in [1.82, 2.24) is 9.47 Å². The van der Waals surface area contributed by atoms with Gasteiger partial charge in [0.05, 0.1) is 6.54 Å². The van der Waals surface area contributed by atoms with Gasteiger partial charge in [0.1, 0.15) is 5.60 Å². The second-order valence-electron chi connectivity index (χ2n) is 9.02. The number of carbonyl (C=O) groups excluding carboxylic acids is 1. The van der Waals surface area contributed by atoms with E-state index in [1.165, 1.54) is 33.3 Å². The van der Waals surface area contributed by atoms with Gasteiger partial charge in [-0.2, -0.15) is 0 Å². The van der Waals surface area contributed by atoms with Crippen LogP contribution < -0.4 is 0 Å². The Morgan fingerprint density at radius 2 is 1.86 bits per heavy atom. The number of aromatic nitrogens is 1. The van der Waals surface area contributed by atoms with Crippen LogP contribution in [0.2, 0.25) is 0 Å². The quantitative estimate of drug-likeness (QED) is 0.564. The maximum Gasteiger partial charge on any atom is 0.410 e. The van der Waals surface area contributed by atoms with Crippen LogP contribution in [0.3, 0.4) is 0 Å². The van der Waals surface area contributed by atoms with Gasteiger partial charge in [-0.25, -0.2) is 4.79 Å². The summed E-state index contributed by atoms with van der Waals surface area (Å²) in [5.41, 5.74) is 5.91. The zero-order chi connectivity index (χ0) is 20.6. The van der Waals surface area contributed by atoms with Crippen LogP contribution in [0.1, 0.15) is 49.6 Å². The van der Waals surface area contributed by atoms with E-state index in [0.717, 1.165) is 25.9 Å². The number of hydrogen-bond acceptors (Lipinski definition) is 2. The molecule has 29 heavy (non-hydrogen) atoms. The number of rotatable bonds is 2. The van der Waals surface area contributed by atoms with Crippen LogP contribution in [0.15, 0.2) is 48.5 Å². The Kier molecular flexibility index (Phi) is 5.12. The molecule has 3 aromatic rings. The predicted octanol–water partition coefficient (Wildman–Crippen LogP) is 5.68. The van der Waals surface area contributed by atoms with Crippen molar-refractivity contribution in [2.75, 3.05) is 6.54 Å². The molecule has 0 saturated carbocycles. The largest absolute Gasteiger partial charge is 0.444 e. The summed E-state index contributed by atoms with van der Waals surface area (Å²) in [6.45, 7) is 10.1. The van der Waals surface area contributed by atoms with E-state index in [9.17, 15) is 4.79 Å². The SMILES string of the molecule is Cc1ccc2c(c1)c1c(n2Cc2ccccc2)CCCN(C(=O)OC(C)(C)C)C1. The van der Waals surface area contributed by atoms with Crippen molar-refractivity contribution in [1.29, 1.82) is 0 Å². The average molecular weight is 391 g/mol. The van der Waals surface area contributed by atoms with Crippen molar-refractivity contribution >= 4 is 17.0 Å². The summed E-state index contributed by atoms with van der Waals surface area (Å²) >= 11 is 0. The molecule has 0 bridgehead atoms. The van der Waals surface area contributed by atoms with Crippen LogP contribution in [0, 0.1) is 6.92 Å². The highest BCUT2D eigenvalue weighted by molar-refractivity contribution is 5.87. The molecular formula is C25H30N2O2. The second kappa shape index (κ2) is 7.58. The van der Waals surface area contributed by atoms with Gasteiger partial charge < -0.3 is 14.2 Å². The zero-order valence-corrected chi connectivity index (χ0v) is 17.9. The van der Waals surface area contributed by atoms with Gasteiger partial charge in [-0.15, -0.1) is 0 Å². The Bertz CT molecular complexity index is 1030. The number of amides is 1. The van der Waals surface area contributed by atoms with E-state index in [1.807, 2.05) is 25.7 Å². The molecule has 4 rings (SSSR count). The van der Waals surface area contributed by atoms with Crippen molar-refractivity contribution in [3.8, 4) is 0 Å². The zero-order valence-electron chi connectivity index (χ0n) is 17.9. The second-order valence-corrected chi connectivity index (χ2v) is 9.02. The minimum absolute atomic E-state index is 0.220. The number of ether oxygens (including phenoxy) is 1. The molecule has 1 aliphatic rings. The van der Waals surface area contributed by atoms with Gasteiger partial charge in [-0.1, -0.05) is 42.0 Å². The smallest absolute Gasteiger partial charge is 0.410 e. The maximum absolute atomic E-state index is 12.8. The Hall–Kier alpha value is -2.75. The molecule has 0 saturated heterocycles. The van der Waals surface area contributed by atoms with Crippen molar-refractivity contribution < 1.29 is 9.53 Å². The molecule has 4 heteroatoms. The molecule has 2 heterocycles. The van der Waals surface area contributed by atoms with Gasteiger partial charge in [0.15, 0.2) is 0 Å². The van der Waals surface area contributed by atoms with E-state index < -0.39 is 5.60 Å². The van der Waals surface area contributed by atoms with Gasteiger partial charge in [-0.3, -0.25) is 0 Å². The summed E-state index contributed by atoms with van der Waals surface area (Å²) < 4.78 is 8.11. The fourth-order valence-corrected chi connectivity index (χ4v) is 4.19. The highest BCUT2D eigenvalue weighted by Gasteiger charge is 2.28. The molecule has 0 atom stereocenters. The average Bonchev–Trinajstić information content (AvgIpc) is 2.81. The molecule has 1 aromatic heterocycles. The molecule has 0 N–H and O–H groups in total. The summed E-state index contributed by atoms with van der Waals surface area (Å²) in [6, 6.07) is 17.2. The molecule has 152 valence electrons. The van der Waals surface area contributed by atoms with Crippen LogP contribution >= 0.6 is 0 Å². The first-order chi connectivity index (χ1) is 13.8. The summed E-state index contributed by atoms with van der Waals surface area (Å²) in [6.07, 6.45) is 1.69. The van der Waals surface area contributed by atoms with Crippen LogP contribution in [-0.2, 0) is 24.2 Å². The van der Waals surface area contributed by atoms with E-state index in [0.29, 0.717) is 6.54 Å². The molecule has 2 aromatic carbocycles. The molecule has 4 nitrogen and oxygen atoms in total. The minimum Gasteiger partial charge on any atom is -0.444 e. The van der Waals surface area contributed by atoms with Crippen LogP contribution in [-0.4, -0.2) is 27.7 Å². The van der Waals surface area contributed by atoms with Gasteiger partial charge in [0.25, 0.3) is 0 Å². The molecule has 0 fully saturated rings. The summed E-state index contributed by atoms with van der Waals surface area (Å²) in [7, 11) is 0. The first kappa shape index (κ1) is 19.6. The first-order valence-corrected chi connectivity index (χ1v) is 10.4. The summed E-state index contributed by atoms with van der Waals surface area (Å²) in [4.78, 5) is 14.6. The monoisotopic (exact) mass is 390 g/mol. The highest BCUT2D eigenvalue weighted by atomic mass is 16.6. The van der Waals surface area contributed by atoms with Gasteiger partial charge in [0, 0.05) is 35.2 Å². The minimum atomic E-state index is -0.482. The number of benzene rings is 2. The molecule has 0 radical (unpaired) electrons. The normalized spacial score (nSPS) is 14.6. The van der Waals surface area contributed by atoms with E-state index in [1.54, 1.807) is 0 Å². The number of aryl methyl sites for hydroxylation is 1. The van der Waals surface area contributed by atoms with Crippen LogP contribution in [0.5, 0.6) is 0 Å². The number of nitrogens with zero attached hydrogens (tertiary/aromatic N) is 2. The Balaban J connectivity index is 1.76. The number of carbonyl (C=O) groups is 1. The van der Waals surface area contributed by atoms with Crippen molar-refractivity contribution in [2.45, 2.75) is 59.2 Å². The van der Waals surface area contributed by atoms with E-state index in [4.69, 9.17) is 4.74 Å². The van der Waals surface area contributed by atoms with Crippen LogP contribution in [0.25, 0.3) is 10.9 Å². The molecular weight excluding hydrogens is 360 g/mol. The fraction of sp³-hybridized carbons (Fsp3) is 0.400. The molecule has 1 amide bonds. The lowest BCUT2D eigenvalue weighted by Gasteiger charge is -2.26. The third-order valence-corrected chi connectivity index (χ3v) is 5.47. The lowest BCUT2D eigenvalue weighted by molar-refractivity contribution is 0.0237. The molecule has 0 aliphatic carbocycles. The summed E-state index contributed by atoms with van der Waals surface area (Å²) in [5.74, 6) is 0. The van der Waals surface area contributed by atoms with Gasteiger partial charge in [0.2, 0.25) is 0 Å². The van der Waals surface area contributed by atoms with E-state index in [-0.39, 0.29) is 6.09 Å². The fourth-order valence-electron chi connectivity index (χ4n) is 4.19. The topological polar surface area (TPSA) is 34.5 Å². The number of fused-ring (bicyclic) bond motifs is 3. The van der Waals surface area contributed by atoms with Crippen molar-refractivity contribution in [3.05, 3.63) is 70.9 Å². The standard InChI is InChI=1S/C25H30N2O2/c1-18-12-13-23-20(15-18)21-17-26(24(28)29-25(2,3)4)14-8-11-22(21)27(23)16-19-9-6-5-7-10-19/h5-7,9-10,12-13,15H,8,11,14,16-17H2,1-4H3. The highest BCUT2D eigenvalue weighted by Crippen LogP contribution is 2.32. The Labute approximate surface area is 173 Å². The summed E-state index contributed by atoms with van der Waals surface area (Å²) in [5, 5.41) is 1.26. The molecule has 0 spiro atoms. The van der Waals surface area contributed by atoms with Crippen LogP contribution in [0.4, 0.5) is 4.79 Å². The predicted molar refractivity (Wildman–Crippen MR) is 117 cm³/mol. The van der Waals surface area contributed by atoms with E-state index >= 15 is 0 Å². The van der Waals surface area contributed by atoms with Crippen molar-refractivity contribution in [3.63, 3.8) is 0 Å². The molecule has 1 aliphatic heterocycles. The van der Waals surface area contributed by atoms with Crippen molar-refractivity contribution in [2.24, 2.45) is 0 Å². The maximum atomic E-state index is 12.8. The van der Waals surface area contributed by atoms with Gasteiger partial charge >= 0.3 is 6.09 Å². The van der Waals surface area contributed by atoms with E-state index in [2.05, 4.69) is 60.0 Å². The lowest BCUT2D eigenvalue weighted by Crippen LogP contribution is -2.36. The Morgan fingerprint density at radius 3 is 2.59 bits per heavy atom. The third kappa shape index (κ3) is 4.16. The third-order valence-electron chi connectivity index (χ3n) is 5.47. The lowest BCUT2D eigenvalue weighted by atomic mass is 10.1. The molecule has 0 unspecified atom stereocenters. The van der Waals surface area contributed by atoms with Gasteiger partial charge in [-0.05, 0) is 58.2 Å².